The predicted octanol–water partition coefficient (Wildman–Crippen LogP) is 1.43. The topological polar surface area (TPSA) is 64.7 Å². The number of nitrogens with zero attached hydrogens (tertiary/aromatic N) is 3. The molecule has 0 atom stereocenters. The molecule has 2 rings (SSSR count). The van der Waals surface area contributed by atoms with Crippen LogP contribution in [0.15, 0.2) is 31.0 Å². The first-order valence-electron chi connectivity index (χ1n) is 4.25. The first kappa shape index (κ1) is 8.62. The fraction of sp³-hybridized carbons (Fsp3) is 0.100. The molecule has 0 aliphatic heterocycles. The average molecular weight is 186 g/mol. The first-order chi connectivity index (χ1) is 6.77. The number of nitrogen functional groups attached to an aromatic ring is 1. The highest BCUT2D eigenvalue weighted by Crippen LogP contribution is 2.21. The van der Waals surface area contributed by atoms with Gasteiger partial charge >= 0.3 is 0 Å². The van der Waals surface area contributed by atoms with Crippen LogP contribution in [0.2, 0.25) is 0 Å². The van der Waals surface area contributed by atoms with Gasteiger partial charge in [0.1, 0.15) is 6.33 Å². The molecular weight excluding hydrogens is 176 g/mol. The van der Waals surface area contributed by atoms with Crippen molar-refractivity contribution in [1.29, 1.82) is 0 Å². The molecule has 2 aromatic heterocycles. The van der Waals surface area contributed by atoms with Gasteiger partial charge in [0.2, 0.25) is 0 Å². The number of rotatable bonds is 1. The lowest BCUT2D eigenvalue weighted by Gasteiger charge is -2.03. The number of nitrogens with two attached hydrogens (primary N) is 1. The molecule has 0 amide bonds. The highest BCUT2D eigenvalue weighted by atomic mass is 14.8. The highest BCUT2D eigenvalue weighted by Gasteiger charge is 2.02. The van der Waals surface area contributed by atoms with Gasteiger partial charge in [-0.25, -0.2) is 9.97 Å². The summed E-state index contributed by atoms with van der Waals surface area (Å²) >= 11 is 0. The predicted molar refractivity (Wildman–Crippen MR) is 54.4 cm³/mol. The summed E-state index contributed by atoms with van der Waals surface area (Å²) in [6.45, 7) is 1.93. The third kappa shape index (κ3) is 1.54. The third-order valence-corrected chi connectivity index (χ3v) is 1.98. The Morgan fingerprint density at radius 3 is 2.71 bits per heavy atom. The molecule has 0 spiro atoms. The van der Waals surface area contributed by atoms with E-state index < -0.39 is 0 Å². The van der Waals surface area contributed by atoms with E-state index in [9.17, 15) is 0 Å². The molecule has 0 aliphatic rings. The van der Waals surface area contributed by atoms with Gasteiger partial charge in [-0.2, -0.15) is 0 Å². The summed E-state index contributed by atoms with van der Waals surface area (Å²) in [7, 11) is 0. The van der Waals surface area contributed by atoms with Crippen LogP contribution in [0.25, 0.3) is 11.1 Å². The molecule has 4 heteroatoms. The second kappa shape index (κ2) is 3.41. The van der Waals surface area contributed by atoms with Crippen LogP contribution in [0.5, 0.6) is 0 Å². The second-order valence-corrected chi connectivity index (χ2v) is 3.03. The third-order valence-electron chi connectivity index (χ3n) is 1.98. The Labute approximate surface area is 81.9 Å². The van der Waals surface area contributed by atoms with Crippen molar-refractivity contribution in [1.82, 2.24) is 15.0 Å². The molecule has 0 radical (unpaired) electrons. The maximum atomic E-state index is 5.64. The van der Waals surface area contributed by atoms with E-state index >= 15 is 0 Å². The van der Waals surface area contributed by atoms with Gasteiger partial charge in [-0.3, -0.25) is 4.98 Å². The van der Waals surface area contributed by atoms with Gasteiger partial charge in [0.15, 0.2) is 0 Å². The zero-order chi connectivity index (χ0) is 9.97. The van der Waals surface area contributed by atoms with Crippen LogP contribution in [0.3, 0.4) is 0 Å². The lowest BCUT2D eigenvalue weighted by molar-refractivity contribution is 1.10. The largest absolute Gasteiger partial charge is 0.397 e. The maximum Gasteiger partial charge on any atom is 0.115 e. The average Bonchev–Trinajstić information content (AvgIpc) is 2.18. The summed E-state index contributed by atoms with van der Waals surface area (Å²) in [6.07, 6.45) is 6.65. The summed E-state index contributed by atoms with van der Waals surface area (Å²) in [4.78, 5) is 12.1. The summed E-state index contributed by atoms with van der Waals surface area (Å²) in [6, 6.07) is 1.86. The Hall–Kier alpha value is -1.97. The van der Waals surface area contributed by atoms with E-state index in [2.05, 4.69) is 15.0 Å². The molecule has 0 bridgehead atoms. The fourth-order valence-electron chi connectivity index (χ4n) is 1.28. The number of anilines is 1. The van der Waals surface area contributed by atoms with E-state index in [1.54, 1.807) is 18.6 Å². The van der Waals surface area contributed by atoms with E-state index in [0.717, 1.165) is 16.8 Å². The Morgan fingerprint density at radius 1 is 1.14 bits per heavy atom. The summed E-state index contributed by atoms with van der Waals surface area (Å²) in [5.74, 6) is 0. The molecule has 0 saturated carbocycles. The van der Waals surface area contributed by atoms with Crippen molar-refractivity contribution in [2.24, 2.45) is 0 Å². The van der Waals surface area contributed by atoms with Gasteiger partial charge in [0, 0.05) is 35.4 Å². The lowest BCUT2D eigenvalue weighted by atomic mass is 10.1. The van der Waals surface area contributed by atoms with Crippen molar-refractivity contribution in [3.05, 3.63) is 36.7 Å². The van der Waals surface area contributed by atoms with Crippen LogP contribution in [-0.4, -0.2) is 15.0 Å². The van der Waals surface area contributed by atoms with Crippen molar-refractivity contribution in [3.63, 3.8) is 0 Å². The van der Waals surface area contributed by atoms with Crippen molar-refractivity contribution in [3.8, 4) is 11.1 Å². The molecule has 2 aromatic rings. The normalized spacial score (nSPS) is 10.1. The first-order valence-corrected chi connectivity index (χ1v) is 4.25. The number of aromatic nitrogens is 3. The number of hydrogen-bond donors (Lipinski definition) is 1. The molecular formula is C10H10N4. The summed E-state index contributed by atoms with van der Waals surface area (Å²) < 4.78 is 0. The van der Waals surface area contributed by atoms with Gasteiger partial charge in [-0.05, 0) is 13.0 Å². The van der Waals surface area contributed by atoms with Crippen LogP contribution in [0.4, 0.5) is 5.69 Å². The molecule has 0 aromatic carbocycles. The van der Waals surface area contributed by atoms with Crippen LogP contribution in [0, 0.1) is 6.92 Å². The van der Waals surface area contributed by atoms with E-state index in [0.29, 0.717) is 5.69 Å². The van der Waals surface area contributed by atoms with Gasteiger partial charge in [-0.1, -0.05) is 0 Å². The minimum Gasteiger partial charge on any atom is -0.397 e. The second-order valence-electron chi connectivity index (χ2n) is 3.03. The van der Waals surface area contributed by atoms with Gasteiger partial charge in [-0.15, -0.1) is 0 Å². The molecule has 14 heavy (non-hydrogen) atoms. The minimum absolute atomic E-state index is 0.644. The molecule has 70 valence electrons. The quantitative estimate of drug-likeness (QED) is 0.731. The molecule has 2 N–H and O–H groups in total. The van der Waals surface area contributed by atoms with Crippen LogP contribution in [0.1, 0.15) is 5.69 Å². The Kier molecular flexibility index (Phi) is 2.10. The van der Waals surface area contributed by atoms with Gasteiger partial charge in [0.25, 0.3) is 0 Å². The van der Waals surface area contributed by atoms with Crippen molar-refractivity contribution in [2.45, 2.75) is 6.92 Å². The Balaban J connectivity index is 2.55. The number of aryl methyl sites for hydroxylation is 1. The van der Waals surface area contributed by atoms with Crippen LogP contribution in [-0.2, 0) is 0 Å². The number of pyridine rings is 1. The molecule has 0 fully saturated rings. The van der Waals surface area contributed by atoms with Crippen molar-refractivity contribution < 1.29 is 0 Å². The molecule has 4 nitrogen and oxygen atoms in total. The van der Waals surface area contributed by atoms with E-state index in [1.165, 1.54) is 6.33 Å². The van der Waals surface area contributed by atoms with E-state index in [1.807, 2.05) is 13.0 Å². The molecule has 0 aliphatic carbocycles. The SMILES string of the molecule is Cc1ncncc1-c1cncc(N)c1. The zero-order valence-corrected chi connectivity index (χ0v) is 7.81. The van der Waals surface area contributed by atoms with E-state index in [-0.39, 0.29) is 0 Å². The van der Waals surface area contributed by atoms with Gasteiger partial charge < -0.3 is 5.73 Å². The standard InChI is InChI=1S/C10H10N4/c1-7-10(5-13-6-14-7)8-2-9(11)4-12-3-8/h2-6H,11H2,1H3. The number of hydrogen-bond acceptors (Lipinski definition) is 4. The zero-order valence-electron chi connectivity index (χ0n) is 7.81. The highest BCUT2D eigenvalue weighted by molar-refractivity contribution is 5.66. The maximum absolute atomic E-state index is 5.64. The Bertz CT molecular complexity index is 453. The lowest BCUT2D eigenvalue weighted by Crippen LogP contribution is -1.92. The smallest absolute Gasteiger partial charge is 0.115 e. The van der Waals surface area contributed by atoms with Crippen LogP contribution >= 0.6 is 0 Å². The molecule has 0 unspecified atom stereocenters. The summed E-state index contributed by atoms with van der Waals surface area (Å²) in [5.41, 5.74) is 9.12. The van der Waals surface area contributed by atoms with Gasteiger partial charge in [0.05, 0.1) is 5.69 Å². The minimum atomic E-state index is 0.644. The fourth-order valence-corrected chi connectivity index (χ4v) is 1.28. The monoisotopic (exact) mass is 186 g/mol. The molecule has 2 heterocycles. The Morgan fingerprint density at radius 2 is 2.00 bits per heavy atom. The van der Waals surface area contributed by atoms with Crippen LogP contribution < -0.4 is 5.73 Å². The molecule has 0 saturated heterocycles. The summed E-state index contributed by atoms with van der Waals surface area (Å²) in [5, 5.41) is 0. The van der Waals surface area contributed by atoms with E-state index in [4.69, 9.17) is 5.73 Å². The van der Waals surface area contributed by atoms with Crippen molar-refractivity contribution >= 4 is 5.69 Å². The van der Waals surface area contributed by atoms with Crippen molar-refractivity contribution in [2.75, 3.05) is 5.73 Å².